The van der Waals surface area contributed by atoms with Gasteiger partial charge in [0.25, 0.3) is 5.91 Å². The van der Waals surface area contributed by atoms with Crippen LogP contribution in [-0.2, 0) is 6.42 Å². The molecule has 0 atom stereocenters. The van der Waals surface area contributed by atoms with Crippen molar-refractivity contribution in [3.05, 3.63) is 65.3 Å². The molecule has 4 rings (SSSR count). The van der Waals surface area contributed by atoms with Gasteiger partial charge >= 0.3 is 0 Å². The Morgan fingerprint density at radius 3 is 2.96 bits per heavy atom. The van der Waals surface area contributed by atoms with E-state index in [0.29, 0.717) is 29.2 Å². The molecule has 0 saturated heterocycles. The Morgan fingerprint density at radius 2 is 2.11 bits per heavy atom. The van der Waals surface area contributed by atoms with E-state index in [1.807, 2.05) is 28.8 Å². The van der Waals surface area contributed by atoms with Crippen molar-refractivity contribution in [1.29, 1.82) is 0 Å². The Hall–Kier alpha value is -3.33. The maximum Gasteiger partial charge on any atom is 0.253 e. The van der Waals surface area contributed by atoms with Gasteiger partial charge in [-0.1, -0.05) is 17.7 Å². The number of aromatic nitrogens is 7. The standard InChI is InChI=1S/C17H15ClN8O/c18-12-6-7-13(14(10-12)26-11-20-23-24-26)17(27)19-8-3-5-16-22-21-15-4-1-2-9-25(15)16/h1-2,4,6-7,9-11H,3,5,8H2,(H,19,27). The molecule has 0 saturated carbocycles. The summed E-state index contributed by atoms with van der Waals surface area (Å²) in [5.74, 6) is 0.643. The molecule has 10 heteroatoms. The first-order valence-corrected chi connectivity index (χ1v) is 8.70. The third-order valence-corrected chi connectivity index (χ3v) is 4.28. The smallest absolute Gasteiger partial charge is 0.253 e. The van der Waals surface area contributed by atoms with Gasteiger partial charge in [-0.3, -0.25) is 9.20 Å². The summed E-state index contributed by atoms with van der Waals surface area (Å²) in [7, 11) is 0. The summed E-state index contributed by atoms with van der Waals surface area (Å²) in [6, 6.07) is 10.7. The van der Waals surface area contributed by atoms with E-state index in [1.54, 1.807) is 18.2 Å². The van der Waals surface area contributed by atoms with Crippen LogP contribution in [0.2, 0.25) is 5.02 Å². The minimum absolute atomic E-state index is 0.219. The highest BCUT2D eigenvalue weighted by Gasteiger charge is 2.14. The number of carbonyl (C=O) groups is 1. The van der Waals surface area contributed by atoms with Crippen LogP contribution >= 0.6 is 11.6 Å². The van der Waals surface area contributed by atoms with E-state index in [2.05, 4.69) is 31.0 Å². The van der Waals surface area contributed by atoms with Gasteiger partial charge < -0.3 is 5.32 Å². The maximum absolute atomic E-state index is 12.6. The molecule has 3 aromatic heterocycles. The first kappa shape index (κ1) is 17.1. The number of hydrogen-bond acceptors (Lipinski definition) is 6. The topological polar surface area (TPSA) is 103 Å². The van der Waals surface area contributed by atoms with Crippen molar-refractivity contribution in [3.8, 4) is 5.69 Å². The van der Waals surface area contributed by atoms with Crippen LogP contribution in [0.5, 0.6) is 0 Å². The summed E-state index contributed by atoms with van der Waals surface area (Å²) in [6.07, 6.45) is 4.77. The van der Waals surface area contributed by atoms with E-state index in [0.717, 1.165) is 17.9 Å². The lowest BCUT2D eigenvalue weighted by atomic mass is 10.1. The van der Waals surface area contributed by atoms with Crippen LogP contribution in [0, 0.1) is 0 Å². The lowest BCUT2D eigenvalue weighted by Crippen LogP contribution is -2.26. The lowest BCUT2D eigenvalue weighted by molar-refractivity contribution is 0.0953. The van der Waals surface area contributed by atoms with Gasteiger partial charge in [0.05, 0.1) is 11.3 Å². The maximum atomic E-state index is 12.6. The Kier molecular flexibility index (Phi) is 4.75. The molecule has 27 heavy (non-hydrogen) atoms. The van der Waals surface area contributed by atoms with Crippen LogP contribution in [0.4, 0.5) is 0 Å². The fourth-order valence-electron chi connectivity index (χ4n) is 2.76. The van der Waals surface area contributed by atoms with Crippen LogP contribution in [-0.4, -0.2) is 47.3 Å². The number of halogens is 1. The summed E-state index contributed by atoms with van der Waals surface area (Å²) < 4.78 is 3.35. The largest absolute Gasteiger partial charge is 0.352 e. The average Bonchev–Trinajstić information content (AvgIpc) is 3.35. The number of pyridine rings is 1. The molecule has 136 valence electrons. The molecule has 0 aliphatic rings. The Balaban J connectivity index is 1.40. The fraction of sp³-hybridized carbons (Fsp3) is 0.176. The van der Waals surface area contributed by atoms with Crippen LogP contribution in [0.15, 0.2) is 48.9 Å². The number of nitrogens with one attached hydrogen (secondary N) is 1. The van der Waals surface area contributed by atoms with Gasteiger partial charge in [0.15, 0.2) is 5.65 Å². The molecule has 1 amide bonds. The SMILES string of the molecule is O=C(NCCCc1nnc2ccccn12)c1ccc(Cl)cc1-n1cnnn1. The number of aryl methyl sites for hydroxylation is 1. The van der Waals surface area contributed by atoms with Crippen molar-refractivity contribution in [3.63, 3.8) is 0 Å². The predicted molar refractivity (Wildman–Crippen MR) is 97.8 cm³/mol. The summed E-state index contributed by atoms with van der Waals surface area (Å²) in [5.41, 5.74) is 1.77. The first-order valence-electron chi connectivity index (χ1n) is 8.32. The second-order valence-electron chi connectivity index (χ2n) is 5.82. The number of nitrogens with zero attached hydrogens (tertiary/aromatic N) is 7. The number of carbonyl (C=O) groups excluding carboxylic acids is 1. The van der Waals surface area contributed by atoms with Crippen molar-refractivity contribution in [2.24, 2.45) is 0 Å². The van der Waals surface area contributed by atoms with Crippen molar-refractivity contribution < 1.29 is 4.79 Å². The second-order valence-corrected chi connectivity index (χ2v) is 6.26. The number of benzene rings is 1. The number of fused-ring (bicyclic) bond motifs is 1. The van der Waals surface area contributed by atoms with Gasteiger partial charge in [-0.05, 0) is 47.2 Å². The molecule has 0 unspecified atom stereocenters. The second kappa shape index (κ2) is 7.50. The monoisotopic (exact) mass is 382 g/mol. The van der Waals surface area contributed by atoms with Crippen molar-refractivity contribution in [2.75, 3.05) is 6.54 Å². The molecule has 9 nitrogen and oxygen atoms in total. The van der Waals surface area contributed by atoms with Crippen LogP contribution in [0.3, 0.4) is 0 Å². The van der Waals surface area contributed by atoms with Gasteiger partial charge in [-0.15, -0.1) is 15.3 Å². The number of rotatable bonds is 6. The zero-order valence-corrected chi connectivity index (χ0v) is 14.9. The molecule has 0 aliphatic heterocycles. The van der Waals surface area contributed by atoms with Crippen molar-refractivity contribution in [2.45, 2.75) is 12.8 Å². The minimum Gasteiger partial charge on any atom is -0.352 e. The van der Waals surface area contributed by atoms with Gasteiger partial charge in [-0.25, -0.2) is 0 Å². The van der Waals surface area contributed by atoms with Crippen LogP contribution < -0.4 is 5.32 Å². The highest BCUT2D eigenvalue weighted by Crippen LogP contribution is 2.19. The highest BCUT2D eigenvalue weighted by atomic mass is 35.5. The van der Waals surface area contributed by atoms with Gasteiger partial charge in [0.1, 0.15) is 12.2 Å². The molecule has 0 bridgehead atoms. The third kappa shape index (κ3) is 3.63. The first-order chi connectivity index (χ1) is 13.2. The van der Waals surface area contributed by atoms with E-state index in [4.69, 9.17) is 11.6 Å². The van der Waals surface area contributed by atoms with E-state index >= 15 is 0 Å². The van der Waals surface area contributed by atoms with E-state index in [-0.39, 0.29) is 5.91 Å². The third-order valence-electron chi connectivity index (χ3n) is 4.05. The molecule has 0 fully saturated rings. The molecule has 3 heterocycles. The van der Waals surface area contributed by atoms with Crippen LogP contribution in [0.1, 0.15) is 22.6 Å². The number of hydrogen-bond donors (Lipinski definition) is 1. The summed E-state index contributed by atoms with van der Waals surface area (Å²) >= 11 is 6.04. The Morgan fingerprint density at radius 1 is 1.19 bits per heavy atom. The number of tetrazole rings is 1. The Bertz CT molecular complexity index is 1080. The summed E-state index contributed by atoms with van der Waals surface area (Å²) in [4.78, 5) is 12.6. The van der Waals surface area contributed by atoms with E-state index in [1.165, 1.54) is 11.0 Å². The average molecular weight is 383 g/mol. The molecule has 0 spiro atoms. The van der Waals surface area contributed by atoms with E-state index in [9.17, 15) is 4.79 Å². The van der Waals surface area contributed by atoms with Gasteiger partial charge in [0.2, 0.25) is 0 Å². The summed E-state index contributed by atoms with van der Waals surface area (Å²) in [6.45, 7) is 0.498. The normalized spacial score (nSPS) is 11.0. The lowest BCUT2D eigenvalue weighted by Gasteiger charge is -2.10. The van der Waals surface area contributed by atoms with Gasteiger partial charge in [0, 0.05) is 24.2 Å². The molecule has 4 aromatic rings. The van der Waals surface area contributed by atoms with Crippen molar-refractivity contribution >= 4 is 23.2 Å². The summed E-state index contributed by atoms with van der Waals surface area (Å²) in [5, 5.41) is 22.7. The quantitative estimate of drug-likeness (QED) is 0.509. The molecular formula is C17H15ClN8O. The van der Waals surface area contributed by atoms with Gasteiger partial charge in [-0.2, -0.15) is 4.68 Å². The minimum atomic E-state index is -0.219. The Labute approximate surface area is 159 Å². The van der Waals surface area contributed by atoms with E-state index < -0.39 is 0 Å². The highest BCUT2D eigenvalue weighted by molar-refractivity contribution is 6.31. The predicted octanol–water partition coefficient (Wildman–Crippen LogP) is 1.72. The molecule has 1 aromatic carbocycles. The molecule has 0 radical (unpaired) electrons. The zero-order chi connectivity index (χ0) is 18.6. The molecule has 1 N–H and O–H groups in total. The number of amides is 1. The van der Waals surface area contributed by atoms with Crippen LogP contribution in [0.25, 0.3) is 11.3 Å². The molecule has 0 aliphatic carbocycles. The van der Waals surface area contributed by atoms with Crippen molar-refractivity contribution in [1.82, 2.24) is 40.1 Å². The molecular weight excluding hydrogens is 368 g/mol. The fourth-order valence-corrected chi connectivity index (χ4v) is 2.93. The zero-order valence-electron chi connectivity index (χ0n) is 14.2.